The maximum absolute atomic E-state index is 11.8. The smallest absolute Gasteiger partial charge is 0.273 e. The van der Waals surface area contributed by atoms with E-state index in [1.807, 2.05) is 18.4 Å². The van der Waals surface area contributed by atoms with E-state index in [9.17, 15) is 4.79 Å². The number of carbonyl (C=O) groups is 1. The van der Waals surface area contributed by atoms with E-state index in [2.05, 4.69) is 10.5 Å². The summed E-state index contributed by atoms with van der Waals surface area (Å²) in [5.74, 6) is -0.307. The summed E-state index contributed by atoms with van der Waals surface area (Å²) in [4.78, 5) is 12.8. The standard InChI is InChI=1S/C13H13N3OS/c1-9-6-7-18-12(9)8-15-16-13(17)10-4-2-3-5-11(10)14/h2-8H,14H2,1H3,(H,16,17)/b15-8-. The van der Waals surface area contributed by atoms with Gasteiger partial charge in [0.25, 0.3) is 5.91 Å². The topological polar surface area (TPSA) is 67.5 Å². The number of rotatable bonds is 3. The Labute approximate surface area is 109 Å². The Morgan fingerprint density at radius 1 is 1.39 bits per heavy atom. The maximum Gasteiger partial charge on any atom is 0.273 e. The summed E-state index contributed by atoms with van der Waals surface area (Å²) in [5.41, 5.74) is 10.2. The van der Waals surface area contributed by atoms with Gasteiger partial charge in [0.05, 0.1) is 11.8 Å². The number of aryl methyl sites for hydroxylation is 1. The molecule has 0 radical (unpaired) electrons. The zero-order valence-electron chi connectivity index (χ0n) is 9.88. The van der Waals surface area contributed by atoms with Crippen LogP contribution in [0, 0.1) is 6.92 Å². The molecule has 0 saturated heterocycles. The fraction of sp³-hybridized carbons (Fsp3) is 0.0769. The average Bonchev–Trinajstić information content (AvgIpc) is 2.75. The first-order valence-corrected chi connectivity index (χ1v) is 6.28. The minimum Gasteiger partial charge on any atom is -0.398 e. The lowest BCUT2D eigenvalue weighted by molar-refractivity contribution is 0.0956. The molecule has 5 heteroatoms. The quantitative estimate of drug-likeness (QED) is 0.505. The molecular weight excluding hydrogens is 246 g/mol. The average molecular weight is 259 g/mol. The van der Waals surface area contributed by atoms with Crippen molar-refractivity contribution in [2.45, 2.75) is 6.92 Å². The van der Waals surface area contributed by atoms with Crippen LogP contribution in [-0.2, 0) is 0 Å². The molecule has 92 valence electrons. The fourth-order valence-corrected chi connectivity index (χ4v) is 2.22. The molecule has 3 N–H and O–H groups in total. The molecule has 0 bridgehead atoms. The maximum atomic E-state index is 11.8. The van der Waals surface area contributed by atoms with E-state index in [0.717, 1.165) is 10.4 Å². The zero-order valence-corrected chi connectivity index (χ0v) is 10.7. The van der Waals surface area contributed by atoms with Gasteiger partial charge in [0.15, 0.2) is 0 Å². The lowest BCUT2D eigenvalue weighted by Crippen LogP contribution is -2.18. The predicted molar refractivity (Wildman–Crippen MR) is 75.0 cm³/mol. The normalized spacial score (nSPS) is 10.7. The van der Waals surface area contributed by atoms with Crippen molar-refractivity contribution in [2.75, 3.05) is 5.73 Å². The van der Waals surface area contributed by atoms with Crippen molar-refractivity contribution in [3.63, 3.8) is 0 Å². The van der Waals surface area contributed by atoms with Crippen LogP contribution >= 0.6 is 11.3 Å². The summed E-state index contributed by atoms with van der Waals surface area (Å²) in [6, 6.07) is 8.89. The van der Waals surface area contributed by atoms with Crippen LogP contribution in [0.1, 0.15) is 20.8 Å². The molecule has 2 aromatic rings. The molecule has 0 aliphatic heterocycles. The van der Waals surface area contributed by atoms with Crippen LogP contribution in [0.3, 0.4) is 0 Å². The molecule has 0 spiro atoms. The largest absolute Gasteiger partial charge is 0.398 e. The van der Waals surface area contributed by atoms with Crippen molar-refractivity contribution in [3.8, 4) is 0 Å². The van der Waals surface area contributed by atoms with Gasteiger partial charge in [-0.1, -0.05) is 12.1 Å². The molecule has 1 aromatic heterocycles. The second-order valence-corrected chi connectivity index (χ2v) is 4.70. The van der Waals surface area contributed by atoms with Crippen LogP contribution in [0.25, 0.3) is 0 Å². The summed E-state index contributed by atoms with van der Waals surface area (Å²) in [7, 11) is 0. The molecule has 0 unspecified atom stereocenters. The van der Waals surface area contributed by atoms with E-state index in [1.165, 1.54) is 0 Å². The minimum atomic E-state index is -0.307. The number of anilines is 1. The SMILES string of the molecule is Cc1ccsc1/C=N\NC(=O)c1ccccc1N. The highest BCUT2D eigenvalue weighted by molar-refractivity contribution is 7.11. The lowest BCUT2D eigenvalue weighted by Gasteiger charge is -2.02. The van der Waals surface area contributed by atoms with E-state index in [-0.39, 0.29) is 5.91 Å². The Hall–Kier alpha value is -2.14. The van der Waals surface area contributed by atoms with E-state index in [4.69, 9.17) is 5.73 Å². The molecule has 2 rings (SSSR count). The summed E-state index contributed by atoms with van der Waals surface area (Å²) >= 11 is 1.57. The van der Waals surface area contributed by atoms with Crippen molar-refractivity contribution in [1.29, 1.82) is 0 Å². The number of carbonyl (C=O) groups excluding carboxylic acids is 1. The Balaban J connectivity index is 2.03. The van der Waals surface area contributed by atoms with E-state index in [0.29, 0.717) is 11.3 Å². The van der Waals surface area contributed by atoms with Crippen molar-refractivity contribution < 1.29 is 4.79 Å². The number of nitrogens with zero attached hydrogens (tertiary/aromatic N) is 1. The van der Waals surface area contributed by atoms with E-state index >= 15 is 0 Å². The van der Waals surface area contributed by atoms with Gasteiger partial charge in [-0.3, -0.25) is 4.79 Å². The third-order valence-corrected chi connectivity index (χ3v) is 3.41. The molecule has 1 amide bonds. The van der Waals surface area contributed by atoms with E-state index < -0.39 is 0 Å². The van der Waals surface area contributed by atoms with Gasteiger partial charge in [-0.2, -0.15) is 5.10 Å². The van der Waals surface area contributed by atoms with Crippen molar-refractivity contribution in [1.82, 2.24) is 5.43 Å². The number of amides is 1. The van der Waals surface area contributed by atoms with Crippen LogP contribution < -0.4 is 11.2 Å². The van der Waals surface area contributed by atoms with Gasteiger partial charge in [0, 0.05) is 10.6 Å². The van der Waals surface area contributed by atoms with Gasteiger partial charge in [-0.15, -0.1) is 11.3 Å². The first kappa shape index (κ1) is 12.3. The van der Waals surface area contributed by atoms with Crippen molar-refractivity contribution >= 4 is 29.1 Å². The highest BCUT2D eigenvalue weighted by Crippen LogP contribution is 2.12. The predicted octanol–water partition coefficient (Wildman–Crippen LogP) is 2.40. The second-order valence-electron chi connectivity index (χ2n) is 3.75. The number of hydrazone groups is 1. The molecule has 18 heavy (non-hydrogen) atoms. The van der Waals surface area contributed by atoms with Gasteiger partial charge in [0.2, 0.25) is 0 Å². The number of benzene rings is 1. The van der Waals surface area contributed by atoms with Crippen LogP contribution in [0.15, 0.2) is 40.8 Å². The van der Waals surface area contributed by atoms with Crippen molar-refractivity contribution in [3.05, 3.63) is 51.7 Å². The van der Waals surface area contributed by atoms with Gasteiger partial charge < -0.3 is 5.73 Å². The number of para-hydroxylation sites is 1. The van der Waals surface area contributed by atoms with Gasteiger partial charge >= 0.3 is 0 Å². The summed E-state index contributed by atoms with van der Waals surface area (Å²) in [6.45, 7) is 1.99. The fourth-order valence-electron chi connectivity index (χ4n) is 1.43. The molecule has 1 aromatic carbocycles. The first-order valence-electron chi connectivity index (χ1n) is 5.40. The molecule has 0 atom stereocenters. The third-order valence-electron chi connectivity index (χ3n) is 2.46. The monoisotopic (exact) mass is 259 g/mol. The molecule has 1 heterocycles. The summed E-state index contributed by atoms with van der Waals surface area (Å²) in [6.07, 6.45) is 1.64. The zero-order chi connectivity index (χ0) is 13.0. The molecule has 0 saturated carbocycles. The Morgan fingerprint density at radius 2 is 2.17 bits per heavy atom. The highest BCUT2D eigenvalue weighted by atomic mass is 32.1. The molecule has 0 fully saturated rings. The third kappa shape index (κ3) is 2.75. The Kier molecular flexibility index (Phi) is 3.74. The summed E-state index contributed by atoms with van der Waals surface area (Å²) in [5, 5.41) is 5.90. The number of thiophene rings is 1. The van der Waals surface area contributed by atoms with Crippen LogP contribution in [0.5, 0.6) is 0 Å². The van der Waals surface area contributed by atoms with Crippen LogP contribution in [-0.4, -0.2) is 12.1 Å². The number of nitrogen functional groups attached to an aromatic ring is 1. The number of hydrogen-bond acceptors (Lipinski definition) is 4. The highest BCUT2D eigenvalue weighted by Gasteiger charge is 2.06. The van der Waals surface area contributed by atoms with Crippen molar-refractivity contribution in [2.24, 2.45) is 5.10 Å². The lowest BCUT2D eigenvalue weighted by atomic mass is 10.2. The molecular formula is C13H13N3OS. The van der Waals surface area contributed by atoms with Crippen LogP contribution in [0.2, 0.25) is 0 Å². The van der Waals surface area contributed by atoms with Crippen LogP contribution in [0.4, 0.5) is 5.69 Å². The number of nitrogens with two attached hydrogens (primary N) is 1. The number of hydrogen-bond donors (Lipinski definition) is 2. The minimum absolute atomic E-state index is 0.307. The second kappa shape index (κ2) is 5.46. The summed E-state index contributed by atoms with van der Waals surface area (Å²) < 4.78 is 0. The Morgan fingerprint density at radius 3 is 2.83 bits per heavy atom. The van der Waals surface area contributed by atoms with Gasteiger partial charge in [0.1, 0.15) is 0 Å². The van der Waals surface area contributed by atoms with E-state index in [1.54, 1.807) is 41.8 Å². The van der Waals surface area contributed by atoms with Gasteiger partial charge in [-0.25, -0.2) is 5.43 Å². The molecule has 0 aliphatic carbocycles. The Bertz CT molecular complexity index is 589. The van der Waals surface area contributed by atoms with Gasteiger partial charge in [-0.05, 0) is 36.1 Å². The first-order chi connectivity index (χ1) is 8.68. The molecule has 4 nitrogen and oxygen atoms in total. The number of nitrogens with one attached hydrogen (secondary N) is 1. The molecule has 0 aliphatic rings.